The van der Waals surface area contributed by atoms with Gasteiger partial charge in [0.1, 0.15) is 0 Å². The van der Waals surface area contributed by atoms with Gasteiger partial charge in [-0.2, -0.15) is 0 Å². The minimum absolute atomic E-state index is 0.314. The van der Waals surface area contributed by atoms with Gasteiger partial charge in [-0.25, -0.2) is 0 Å². The minimum atomic E-state index is 0.314. The maximum atomic E-state index is 3.74. The van der Waals surface area contributed by atoms with Crippen molar-refractivity contribution in [2.24, 2.45) is 0 Å². The van der Waals surface area contributed by atoms with Gasteiger partial charge in [0.2, 0.25) is 0 Å². The number of nitrogens with one attached hydrogen (secondary N) is 1. The molecule has 0 saturated heterocycles. The number of hydrogen-bond acceptors (Lipinski definition) is 1. The zero-order chi connectivity index (χ0) is 10.3. The number of hydrogen-bond donors (Lipinski definition) is 1. The van der Waals surface area contributed by atoms with Crippen LogP contribution in [0.15, 0.2) is 0 Å². The van der Waals surface area contributed by atoms with Gasteiger partial charge in [0.25, 0.3) is 0 Å². The Morgan fingerprint density at radius 2 is 1.46 bits per heavy atom. The molecule has 0 amide bonds. The molecular weight excluding hydrogens is 158 g/mol. The molecular formula is C12H27N. The molecule has 13 heavy (non-hydrogen) atoms. The SMILES string of the molecule is CCCC(CCC)NC(C)(C)CC. The van der Waals surface area contributed by atoms with E-state index in [1.807, 2.05) is 0 Å². The first kappa shape index (κ1) is 13.0. The lowest BCUT2D eigenvalue weighted by Crippen LogP contribution is -2.45. The summed E-state index contributed by atoms with van der Waals surface area (Å²) in [5.41, 5.74) is 0.314. The van der Waals surface area contributed by atoms with E-state index in [-0.39, 0.29) is 0 Å². The summed E-state index contributed by atoms with van der Waals surface area (Å²) < 4.78 is 0. The molecule has 0 aromatic carbocycles. The van der Waals surface area contributed by atoms with Crippen LogP contribution in [0.25, 0.3) is 0 Å². The van der Waals surface area contributed by atoms with Gasteiger partial charge in [-0.05, 0) is 33.1 Å². The summed E-state index contributed by atoms with van der Waals surface area (Å²) in [7, 11) is 0. The van der Waals surface area contributed by atoms with Crippen LogP contribution < -0.4 is 5.32 Å². The lowest BCUT2D eigenvalue weighted by Gasteiger charge is -2.31. The molecule has 1 heteroatoms. The lowest BCUT2D eigenvalue weighted by molar-refractivity contribution is 0.300. The van der Waals surface area contributed by atoms with E-state index in [0.717, 1.165) is 6.04 Å². The van der Waals surface area contributed by atoms with Crippen molar-refractivity contribution in [3.05, 3.63) is 0 Å². The van der Waals surface area contributed by atoms with Crippen molar-refractivity contribution >= 4 is 0 Å². The van der Waals surface area contributed by atoms with Gasteiger partial charge in [0, 0.05) is 11.6 Å². The summed E-state index contributed by atoms with van der Waals surface area (Å²) in [5, 5.41) is 3.74. The molecule has 0 aromatic rings. The van der Waals surface area contributed by atoms with Crippen LogP contribution in [0.4, 0.5) is 0 Å². The molecule has 0 fully saturated rings. The zero-order valence-electron chi connectivity index (χ0n) is 10.1. The second-order valence-corrected chi connectivity index (χ2v) is 4.66. The fraction of sp³-hybridized carbons (Fsp3) is 1.00. The molecule has 0 rings (SSSR count). The molecule has 0 atom stereocenters. The first-order valence-electron chi connectivity index (χ1n) is 5.83. The molecule has 0 bridgehead atoms. The molecule has 1 nitrogen and oxygen atoms in total. The molecule has 0 unspecified atom stereocenters. The van der Waals surface area contributed by atoms with Crippen molar-refractivity contribution in [1.29, 1.82) is 0 Å². The second kappa shape index (κ2) is 6.42. The van der Waals surface area contributed by atoms with E-state index >= 15 is 0 Å². The Labute approximate surface area is 84.3 Å². The highest BCUT2D eigenvalue weighted by Gasteiger charge is 2.18. The molecule has 0 radical (unpaired) electrons. The highest BCUT2D eigenvalue weighted by molar-refractivity contribution is 4.80. The van der Waals surface area contributed by atoms with Crippen molar-refractivity contribution in [2.75, 3.05) is 0 Å². The quantitative estimate of drug-likeness (QED) is 0.637. The first-order chi connectivity index (χ1) is 6.05. The Hall–Kier alpha value is -0.0400. The Kier molecular flexibility index (Phi) is 6.40. The third kappa shape index (κ3) is 6.09. The molecule has 0 aliphatic rings. The van der Waals surface area contributed by atoms with E-state index in [4.69, 9.17) is 0 Å². The van der Waals surface area contributed by atoms with Gasteiger partial charge in [-0.15, -0.1) is 0 Å². The Balaban J connectivity index is 3.92. The first-order valence-corrected chi connectivity index (χ1v) is 5.83. The predicted octanol–water partition coefficient (Wildman–Crippen LogP) is 3.73. The average molecular weight is 185 g/mol. The van der Waals surface area contributed by atoms with Gasteiger partial charge in [-0.1, -0.05) is 33.6 Å². The predicted molar refractivity (Wildman–Crippen MR) is 61.1 cm³/mol. The van der Waals surface area contributed by atoms with Gasteiger partial charge in [-0.3, -0.25) is 0 Å². The van der Waals surface area contributed by atoms with Gasteiger partial charge in [0.05, 0.1) is 0 Å². The molecule has 0 aliphatic heterocycles. The van der Waals surface area contributed by atoms with Crippen LogP contribution in [-0.2, 0) is 0 Å². The van der Waals surface area contributed by atoms with Crippen molar-refractivity contribution < 1.29 is 0 Å². The lowest BCUT2D eigenvalue weighted by atomic mass is 9.97. The third-order valence-corrected chi connectivity index (χ3v) is 2.75. The van der Waals surface area contributed by atoms with Crippen molar-refractivity contribution in [3.8, 4) is 0 Å². The highest BCUT2D eigenvalue weighted by Crippen LogP contribution is 2.13. The van der Waals surface area contributed by atoms with Crippen molar-refractivity contribution in [2.45, 2.75) is 78.3 Å². The van der Waals surface area contributed by atoms with E-state index in [1.165, 1.54) is 32.1 Å². The molecule has 0 saturated carbocycles. The van der Waals surface area contributed by atoms with Crippen LogP contribution in [0.5, 0.6) is 0 Å². The van der Waals surface area contributed by atoms with E-state index in [9.17, 15) is 0 Å². The monoisotopic (exact) mass is 185 g/mol. The van der Waals surface area contributed by atoms with Crippen LogP contribution in [-0.4, -0.2) is 11.6 Å². The van der Waals surface area contributed by atoms with Crippen LogP contribution >= 0.6 is 0 Å². The average Bonchev–Trinajstić information content (AvgIpc) is 2.05. The van der Waals surface area contributed by atoms with Crippen LogP contribution in [0.3, 0.4) is 0 Å². The van der Waals surface area contributed by atoms with E-state index in [0.29, 0.717) is 5.54 Å². The molecule has 0 aliphatic carbocycles. The summed E-state index contributed by atoms with van der Waals surface area (Å²) in [6.07, 6.45) is 6.42. The topological polar surface area (TPSA) is 12.0 Å². The van der Waals surface area contributed by atoms with Crippen LogP contribution in [0, 0.1) is 0 Å². The fourth-order valence-electron chi connectivity index (χ4n) is 1.64. The molecule has 80 valence electrons. The van der Waals surface area contributed by atoms with Gasteiger partial charge < -0.3 is 5.32 Å². The normalized spacial score (nSPS) is 12.5. The van der Waals surface area contributed by atoms with Gasteiger partial charge >= 0.3 is 0 Å². The minimum Gasteiger partial charge on any atom is -0.309 e. The second-order valence-electron chi connectivity index (χ2n) is 4.66. The fourth-order valence-corrected chi connectivity index (χ4v) is 1.64. The molecule has 0 heterocycles. The standard InChI is InChI=1S/C12H27N/c1-6-9-11(10-7-2)13-12(4,5)8-3/h11,13H,6-10H2,1-5H3. The Bertz CT molecular complexity index is 112. The van der Waals surface area contributed by atoms with E-state index < -0.39 is 0 Å². The Morgan fingerprint density at radius 3 is 1.77 bits per heavy atom. The summed E-state index contributed by atoms with van der Waals surface area (Å²) in [6, 6.07) is 0.727. The summed E-state index contributed by atoms with van der Waals surface area (Å²) >= 11 is 0. The van der Waals surface area contributed by atoms with E-state index in [1.54, 1.807) is 0 Å². The summed E-state index contributed by atoms with van der Waals surface area (Å²) in [5.74, 6) is 0. The summed E-state index contributed by atoms with van der Waals surface area (Å²) in [4.78, 5) is 0. The molecule has 0 aromatic heterocycles. The molecule has 1 N–H and O–H groups in total. The Morgan fingerprint density at radius 1 is 1.00 bits per heavy atom. The third-order valence-electron chi connectivity index (χ3n) is 2.75. The largest absolute Gasteiger partial charge is 0.309 e. The van der Waals surface area contributed by atoms with Crippen LogP contribution in [0.2, 0.25) is 0 Å². The molecule has 0 spiro atoms. The van der Waals surface area contributed by atoms with Crippen molar-refractivity contribution in [1.82, 2.24) is 5.32 Å². The zero-order valence-corrected chi connectivity index (χ0v) is 10.1. The van der Waals surface area contributed by atoms with Crippen molar-refractivity contribution in [3.63, 3.8) is 0 Å². The number of rotatable bonds is 7. The maximum absolute atomic E-state index is 3.74. The summed E-state index contributed by atoms with van der Waals surface area (Å²) in [6.45, 7) is 11.4. The smallest absolute Gasteiger partial charge is 0.0125 e. The maximum Gasteiger partial charge on any atom is 0.0125 e. The highest BCUT2D eigenvalue weighted by atomic mass is 15.0. The van der Waals surface area contributed by atoms with Gasteiger partial charge in [0.15, 0.2) is 0 Å². The van der Waals surface area contributed by atoms with Crippen LogP contribution in [0.1, 0.15) is 66.7 Å². The van der Waals surface area contributed by atoms with E-state index in [2.05, 4.69) is 39.9 Å².